The van der Waals surface area contributed by atoms with Crippen molar-refractivity contribution in [3.63, 3.8) is 0 Å². The molecule has 182 valence electrons. The number of benzene rings is 3. The molecule has 1 aliphatic carbocycles. The lowest BCUT2D eigenvalue weighted by Crippen LogP contribution is -2.29. The van der Waals surface area contributed by atoms with E-state index in [9.17, 15) is 8.42 Å². The minimum Gasteiger partial charge on any atom is -0.491 e. The van der Waals surface area contributed by atoms with Gasteiger partial charge in [0.05, 0.1) is 22.7 Å². The third-order valence-electron chi connectivity index (χ3n) is 6.77. The van der Waals surface area contributed by atoms with Gasteiger partial charge in [-0.1, -0.05) is 42.0 Å². The second-order valence-electron chi connectivity index (χ2n) is 9.48. The molecular weight excluding hydrogens is 480 g/mol. The zero-order valence-electron chi connectivity index (χ0n) is 20.0. The van der Waals surface area contributed by atoms with Crippen LogP contribution < -0.4 is 14.8 Å². The Kier molecular flexibility index (Phi) is 6.28. The number of halogens is 1. The molecule has 2 N–H and O–H groups in total. The van der Waals surface area contributed by atoms with E-state index in [1.54, 1.807) is 37.3 Å². The molecule has 3 aromatic rings. The molecule has 3 atom stereocenters. The van der Waals surface area contributed by atoms with Crippen molar-refractivity contribution >= 4 is 33.0 Å². The lowest BCUT2D eigenvalue weighted by Gasteiger charge is -2.37. The van der Waals surface area contributed by atoms with Gasteiger partial charge in [-0.3, -0.25) is 4.72 Å². The Bertz CT molecular complexity index is 1380. The van der Waals surface area contributed by atoms with Gasteiger partial charge in [0.15, 0.2) is 0 Å². The van der Waals surface area contributed by atoms with Crippen molar-refractivity contribution < 1.29 is 13.2 Å². The highest BCUT2D eigenvalue weighted by Gasteiger charge is 2.38. The molecule has 1 aliphatic heterocycles. The summed E-state index contributed by atoms with van der Waals surface area (Å²) in [5, 5.41) is 4.20. The van der Waals surface area contributed by atoms with Gasteiger partial charge in [-0.2, -0.15) is 0 Å². The average Bonchev–Trinajstić information content (AvgIpc) is 3.32. The highest BCUT2D eigenvalue weighted by Crippen LogP contribution is 2.50. The van der Waals surface area contributed by atoms with Crippen molar-refractivity contribution in [2.75, 3.05) is 10.0 Å². The zero-order valence-corrected chi connectivity index (χ0v) is 21.5. The summed E-state index contributed by atoms with van der Waals surface area (Å²) in [4.78, 5) is 0.241. The Hall–Kier alpha value is -2.96. The minimum absolute atomic E-state index is 0.130. The van der Waals surface area contributed by atoms with Crippen LogP contribution in [0.25, 0.3) is 0 Å². The molecule has 0 saturated heterocycles. The van der Waals surface area contributed by atoms with Crippen molar-refractivity contribution in [1.29, 1.82) is 0 Å². The first-order valence-corrected chi connectivity index (χ1v) is 13.7. The maximum absolute atomic E-state index is 13.2. The van der Waals surface area contributed by atoms with E-state index in [2.05, 4.69) is 34.3 Å². The van der Waals surface area contributed by atoms with Crippen LogP contribution in [0.15, 0.2) is 77.7 Å². The number of fused-ring (bicyclic) bond motifs is 3. The molecule has 1 heterocycles. The summed E-state index contributed by atoms with van der Waals surface area (Å²) in [5.74, 6) is 1.31. The molecule has 5 rings (SSSR count). The van der Waals surface area contributed by atoms with Crippen LogP contribution in [0.3, 0.4) is 0 Å². The molecule has 0 bridgehead atoms. The Morgan fingerprint density at radius 1 is 1.09 bits per heavy atom. The van der Waals surface area contributed by atoms with Crippen LogP contribution in [0.5, 0.6) is 5.75 Å². The monoisotopic (exact) mass is 508 g/mol. The zero-order chi connectivity index (χ0) is 24.7. The van der Waals surface area contributed by atoms with Crippen LogP contribution >= 0.6 is 11.6 Å². The number of hydrogen-bond donors (Lipinski definition) is 2. The van der Waals surface area contributed by atoms with Crippen LogP contribution in [0.1, 0.15) is 48.9 Å². The Labute approximate surface area is 212 Å². The van der Waals surface area contributed by atoms with Crippen molar-refractivity contribution in [2.24, 2.45) is 5.92 Å². The first-order chi connectivity index (χ1) is 16.7. The lowest BCUT2D eigenvalue weighted by atomic mass is 9.77. The molecule has 0 radical (unpaired) electrons. The van der Waals surface area contributed by atoms with Gasteiger partial charge in [0, 0.05) is 16.6 Å². The maximum Gasteiger partial charge on any atom is 0.261 e. The Balaban J connectivity index is 1.44. The van der Waals surface area contributed by atoms with E-state index >= 15 is 0 Å². The summed E-state index contributed by atoms with van der Waals surface area (Å²) >= 11 is 6.18. The number of nitrogens with one attached hydrogen (secondary N) is 2. The third kappa shape index (κ3) is 4.65. The molecule has 0 unspecified atom stereocenters. The first kappa shape index (κ1) is 23.8. The van der Waals surface area contributed by atoms with E-state index in [1.807, 2.05) is 32.0 Å². The van der Waals surface area contributed by atoms with E-state index in [1.165, 1.54) is 5.56 Å². The fourth-order valence-electron chi connectivity index (χ4n) is 5.02. The van der Waals surface area contributed by atoms with Crippen molar-refractivity contribution in [3.05, 3.63) is 94.5 Å². The third-order valence-corrected chi connectivity index (χ3v) is 8.54. The molecule has 35 heavy (non-hydrogen) atoms. The van der Waals surface area contributed by atoms with Gasteiger partial charge in [0.2, 0.25) is 0 Å². The standard InChI is InChI=1S/C28H29ClN2O3S/c1-17(2)34-20-12-10-19(11-13-20)28-23-7-4-6-22(23)24-16-21(14-15-27(24)30-28)35(32,33)31-26-9-5-8-25(29)18(26)3/h4-6,8-17,22-23,28,30-31H,7H2,1-3H3/t22-,23+,28+/m0/s1. The van der Waals surface area contributed by atoms with Gasteiger partial charge >= 0.3 is 0 Å². The number of anilines is 2. The van der Waals surface area contributed by atoms with Gasteiger partial charge in [0.1, 0.15) is 5.75 Å². The molecule has 3 aromatic carbocycles. The smallest absolute Gasteiger partial charge is 0.261 e. The van der Waals surface area contributed by atoms with E-state index in [0.29, 0.717) is 22.2 Å². The summed E-state index contributed by atoms with van der Waals surface area (Å²) in [6.07, 6.45) is 5.47. The molecule has 5 nitrogen and oxygen atoms in total. The van der Waals surface area contributed by atoms with Gasteiger partial charge in [0.25, 0.3) is 10.0 Å². The largest absolute Gasteiger partial charge is 0.491 e. The average molecular weight is 509 g/mol. The van der Waals surface area contributed by atoms with Crippen LogP contribution in [0.4, 0.5) is 11.4 Å². The molecule has 0 amide bonds. The molecule has 0 fully saturated rings. The minimum atomic E-state index is -3.77. The topological polar surface area (TPSA) is 67.4 Å². The summed E-state index contributed by atoms with van der Waals surface area (Å²) in [6, 6.07) is 18.9. The highest BCUT2D eigenvalue weighted by molar-refractivity contribution is 7.92. The van der Waals surface area contributed by atoms with Crippen LogP contribution in [0, 0.1) is 12.8 Å². The highest BCUT2D eigenvalue weighted by atomic mass is 35.5. The van der Waals surface area contributed by atoms with Crippen LogP contribution in [0.2, 0.25) is 5.02 Å². The van der Waals surface area contributed by atoms with Gasteiger partial charge in [-0.15, -0.1) is 0 Å². The summed E-state index contributed by atoms with van der Waals surface area (Å²) in [5.41, 5.74) is 4.34. The van der Waals surface area contributed by atoms with E-state index < -0.39 is 10.0 Å². The quantitative estimate of drug-likeness (QED) is 0.350. The summed E-state index contributed by atoms with van der Waals surface area (Å²) in [7, 11) is -3.77. The fraction of sp³-hybridized carbons (Fsp3) is 0.286. The summed E-state index contributed by atoms with van der Waals surface area (Å²) < 4.78 is 35.0. The molecule has 0 aromatic heterocycles. The van der Waals surface area contributed by atoms with Crippen LogP contribution in [-0.4, -0.2) is 14.5 Å². The molecule has 2 aliphatic rings. The van der Waals surface area contributed by atoms with E-state index in [4.69, 9.17) is 16.3 Å². The Morgan fingerprint density at radius 2 is 1.86 bits per heavy atom. The normalized spacial score (nSPS) is 20.8. The lowest BCUT2D eigenvalue weighted by molar-refractivity contribution is 0.242. The second kappa shape index (κ2) is 9.25. The second-order valence-corrected chi connectivity index (χ2v) is 11.6. The maximum atomic E-state index is 13.2. The number of ether oxygens (including phenoxy) is 1. The predicted molar refractivity (Wildman–Crippen MR) is 142 cm³/mol. The number of sulfonamides is 1. The van der Waals surface area contributed by atoms with Gasteiger partial charge in [-0.05, 0) is 92.3 Å². The van der Waals surface area contributed by atoms with Crippen molar-refractivity contribution in [3.8, 4) is 5.75 Å². The molecule has 0 spiro atoms. The first-order valence-electron chi connectivity index (χ1n) is 11.8. The molecular formula is C28H29ClN2O3S. The summed E-state index contributed by atoms with van der Waals surface area (Å²) in [6.45, 7) is 5.83. The molecule has 0 saturated carbocycles. The van der Waals surface area contributed by atoms with E-state index in [-0.39, 0.29) is 23.0 Å². The molecule has 7 heteroatoms. The predicted octanol–water partition coefficient (Wildman–Crippen LogP) is 7.06. The van der Waals surface area contributed by atoms with Crippen molar-refractivity contribution in [2.45, 2.75) is 50.2 Å². The SMILES string of the molecule is Cc1c(Cl)cccc1NS(=O)(=O)c1ccc2c(c1)[C@H]1C=CC[C@H]1[C@@H](c1ccc(OC(C)C)cc1)N2. The number of rotatable bonds is 6. The Morgan fingerprint density at radius 3 is 2.60 bits per heavy atom. The van der Waals surface area contributed by atoms with Crippen LogP contribution in [-0.2, 0) is 10.0 Å². The van der Waals surface area contributed by atoms with Crippen molar-refractivity contribution in [1.82, 2.24) is 0 Å². The fourth-order valence-corrected chi connectivity index (χ4v) is 6.35. The van der Waals surface area contributed by atoms with Gasteiger partial charge < -0.3 is 10.1 Å². The van der Waals surface area contributed by atoms with E-state index in [0.717, 1.165) is 23.4 Å². The number of hydrogen-bond acceptors (Lipinski definition) is 4. The van der Waals surface area contributed by atoms with Gasteiger partial charge in [-0.25, -0.2) is 8.42 Å². The number of allylic oxidation sites excluding steroid dienone is 2.